The van der Waals surface area contributed by atoms with E-state index in [-0.39, 0.29) is 5.78 Å². The molecular weight excluding hydrogens is 353 g/mol. The van der Waals surface area contributed by atoms with Crippen LogP contribution in [0.25, 0.3) is 0 Å². The van der Waals surface area contributed by atoms with Crippen molar-refractivity contribution in [3.63, 3.8) is 0 Å². The number of Topliss-reactive ketones (excluding diaryl/α,β-unsaturated/α-hetero) is 1. The molecule has 0 spiro atoms. The molecule has 4 heteroatoms. The van der Waals surface area contributed by atoms with Gasteiger partial charge >= 0.3 is 0 Å². The van der Waals surface area contributed by atoms with Crippen molar-refractivity contribution in [2.45, 2.75) is 51.5 Å². The second-order valence-corrected chi connectivity index (χ2v) is 7.31. The highest BCUT2D eigenvalue weighted by atomic mass is 35.5. The first-order valence-corrected chi connectivity index (χ1v) is 9.51. The van der Waals surface area contributed by atoms with E-state index < -0.39 is 0 Å². The Labute approximate surface area is 160 Å². The van der Waals surface area contributed by atoms with Crippen LogP contribution >= 0.6 is 23.2 Å². The van der Waals surface area contributed by atoms with Crippen LogP contribution in [0.5, 0.6) is 0 Å². The Bertz CT molecular complexity index is 709. The van der Waals surface area contributed by atoms with Crippen LogP contribution in [0, 0.1) is 0 Å². The zero-order valence-corrected chi connectivity index (χ0v) is 16.1. The molecule has 2 nitrogen and oxygen atoms in total. The van der Waals surface area contributed by atoms with Crippen LogP contribution < -0.4 is 5.73 Å². The third-order valence-corrected chi connectivity index (χ3v) is 5.14. The van der Waals surface area contributed by atoms with Gasteiger partial charge < -0.3 is 5.73 Å². The van der Waals surface area contributed by atoms with Crippen molar-refractivity contribution in [1.82, 2.24) is 0 Å². The number of halogens is 2. The number of ketones is 1. The van der Waals surface area contributed by atoms with Crippen molar-refractivity contribution >= 4 is 29.0 Å². The minimum absolute atomic E-state index is 0.0718. The smallest absolute Gasteiger partial charge is 0.161 e. The largest absolute Gasteiger partial charge is 0.326 e. The van der Waals surface area contributed by atoms with Crippen LogP contribution in [0.3, 0.4) is 0 Å². The van der Waals surface area contributed by atoms with Crippen LogP contribution in [-0.4, -0.2) is 5.78 Å². The lowest BCUT2D eigenvalue weighted by Gasteiger charge is -2.22. The van der Waals surface area contributed by atoms with Gasteiger partial charge in [-0.25, -0.2) is 0 Å². The summed E-state index contributed by atoms with van der Waals surface area (Å²) in [7, 11) is 0. The van der Waals surface area contributed by atoms with E-state index in [1.807, 2.05) is 0 Å². The third-order valence-electron chi connectivity index (χ3n) is 4.57. The number of rotatable bonds is 3. The molecule has 134 valence electrons. The van der Waals surface area contributed by atoms with Crippen LogP contribution in [0.4, 0.5) is 0 Å². The predicted molar refractivity (Wildman–Crippen MR) is 107 cm³/mol. The molecule has 0 aliphatic heterocycles. The molecule has 25 heavy (non-hydrogen) atoms. The van der Waals surface area contributed by atoms with Crippen LogP contribution in [0.2, 0.25) is 10.0 Å². The molecule has 0 bridgehead atoms. The lowest BCUT2D eigenvalue weighted by molar-refractivity contribution is 0.101. The standard InChI is InChI=1S/C13H19N.C8H6Cl2O/c14-10-11-5-4-8-13(9-11)12-6-2-1-3-7-12;1-5(11)7-4-6(9)2-3-8(7)10/h4-5,8-9,12H,1-3,6-7,10,14H2;2-4H,1H3. The number of hydrogen-bond donors (Lipinski definition) is 1. The summed E-state index contributed by atoms with van der Waals surface area (Å²) in [6.07, 6.45) is 6.96. The van der Waals surface area contributed by atoms with E-state index in [0.29, 0.717) is 22.2 Å². The molecule has 0 saturated heterocycles. The van der Waals surface area contributed by atoms with Gasteiger partial charge in [-0.3, -0.25) is 4.79 Å². The van der Waals surface area contributed by atoms with Gasteiger partial charge in [0, 0.05) is 17.1 Å². The van der Waals surface area contributed by atoms with E-state index in [4.69, 9.17) is 28.9 Å². The maximum atomic E-state index is 10.9. The summed E-state index contributed by atoms with van der Waals surface area (Å²) in [5.74, 6) is 0.729. The fraction of sp³-hybridized carbons (Fsp3) is 0.381. The summed E-state index contributed by atoms with van der Waals surface area (Å²) in [6, 6.07) is 13.6. The molecule has 2 aromatic rings. The number of carbonyl (C=O) groups is 1. The zero-order chi connectivity index (χ0) is 18.2. The molecule has 0 atom stereocenters. The third kappa shape index (κ3) is 6.14. The van der Waals surface area contributed by atoms with Crippen molar-refractivity contribution in [2.75, 3.05) is 0 Å². The molecule has 2 N–H and O–H groups in total. The molecular formula is C21H25Cl2NO. The van der Waals surface area contributed by atoms with E-state index >= 15 is 0 Å². The van der Waals surface area contributed by atoms with Gasteiger partial charge in [-0.1, -0.05) is 66.7 Å². The Morgan fingerprint density at radius 2 is 1.80 bits per heavy atom. The quantitative estimate of drug-likeness (QED) is 0.629. The molecule has 2 aromatic carbocycles. The van der Waals surface area contributed by atoms with Crippen LogP contribution in [0.1, 0.15) is 66.4 Å². The lowest BCUT2D eigenvalue weighted by Crippen LogP contribution is -2.05. The normalized spacial score (nSPS) is 14.6. The van der Waals surface area contributed by atoms with E-state index in [0.717, 1.165) is 5.92 Å². The Hall–Kier alpha value is -1.35. The molecule has 0 aromatic heterocycles. The molecule has 3 rings (SSSR count). The highest BCUT2D eigenvalue weighted by Gasteiger charge is 2.15. The van der Waals surface area contributed by atoms with Gasteiger partial charge in [-0.2, -0.15) is 0 Å². The van der Waals surface area contributed by atoms with Gasteiger partial charge in [-0.15, -0.1) is 0 Å². The van der Waals surface area contributed by atoms with E-state index in [1.165, 1.54) is 50.2 Å². The van der Waals surface area contributed by atoms with Crippen LogP contribution in [-0.2, 0) is 6.54 Å². The van der Waals surface area contributed by atoms with Crippen LogP contribution in [0.15, 0.2) is 42.5 Å². The fourth-order valence-electron chi connectivity index (χ4n) is 3.18. The average molecular weight is 378 g/mol. The molecule has 1 aliphatic carbocycles. The number of nitrogens with two attached hydrogens (primary N) is 1. The molecule has 1 saturated carbocycles. The average Bonchev–Trinajstić information content (AvgIpc) is 2.65. The van der Waals surface area contributed by atoms with Crippen molar-refractivity contribution in [1.29, 1.82) is 0 Å². The number of carbonyl (C=O) groups excluding carboxylic acids is 1. The summed E-state index contributed by atoms with van der Waals surface area (Å²) >= 11 is 11.4. The monoisotopic (exact) mass is 377 g/mol. The summed E-state index contributed by atoms with van der Waals surface area (Å²) in [6.45, 7) is 2.12. The molecule has 0 heterocycles. The maximum Gasteiger partial charge on any atom is 0.161 e. The molecule has 0 amide bonds. The first-order valence-electron chi connectivity index (χ1n) is 8.76. The Morgan fingerprint density at radius 3 is 2.40 bits per heavy atom. The zero-order valence-electron chi connectivity index (χ0n) is 14.6. The number of benzene rings is 2. The van der Waals surface area contributed by atoms with Gasteiger partial charge in [0.25, 0.3) is 0 Å². The number of hydrogen-bond acceptors (Lipinski definition) is 2. The van der Waals surface area contributed by atoms with Gasteiger partial charge in [0.1, 0.15) is 0 Å². The summed E-state index contributed by atoms with van der Waals surface area (Å²) in [5, 5.41) is 0.974. The molecule has 0 unspecified atom stereocenters. The summed E-state index contributed by atoms with van der Waals surface area (Å²) < 4.78 is 0. The van der Waals surface area contributed by atoms with Gasteiger partial charge in [0.05, 0.1) is 5.02 Å². The van der Waals surface area contributed by atoms with Crippen molar-refractivity contribution < 1.29 is 4.79 Å². The first-order chi connectivity index (χ1) is 12.0. The first kappa shape index (κ1) is 20.0. The maximum absolute atomic E-state index is 10.9. The fourth-order valence-corrected chi connectivity index (χ4v) is 3.60. The molecule has 1 aliphatic rings. The second kappa shape index (κ2) is 9.96. The topological polar surface area (TPSA) is 43.1 Å². The minimum atomic E-state index is -0.0718. The van der Waals surface area contributed by atoms with Gasteiger partial charge in [0.15, 0.2) is 5.78 Å². The van der Waals surface area contributed by atoms with Crippen molar-refractivity contribution in [3.05, 3.63) is 69.2 Å². The summed E-state index contributed by atoms with van der Waals surface area (Å²) in [4.78, 5) is 10.9. The highest BCUT2D eigenvalue weighted by molar-refractivity contribution is 6.35. The Balaban J connectivity index is 0.000000186. The second-order valence-electron chi connectivity index (χ2n) is 6.46. The minimum Gasteiger partial charge on any atom is -0.326 e. The SMILES string of the molecule is CC(=O)c1cc(Cl)ccc1Cl.NCc1cccc(C2CCCCC2)c1. The van der Waals surface area contributed by atoms with E-state index in [2.05, 4.69) is 24.3 Å². The van der Waals surface area contributed by atoms with Gasteiger partial charge in [-0.05, 0) is 55.0 Å². The van der Waals surface area contributed by atoms with Crippen molar-refractivity contribution in [2.24, 2.45) is 5.73 Å². The van der Waals surface area contributed by atoms with E-state index in [1.54, 1.807) is 18.2 Å². The molecule has 0 radical (unpaired) electrons. The molecule has 1 fully saturated rings. The van der Waals surface area contributed by atoms with E-state index in [9.17, 15) is 4.79 Å². The predicted octanol–water partition coefficient (Wildman–Crippen LogP) is 6.39. The van der Waals surface area contributed by atoms with Crippen molar-refractivity contribution in [3.8, 4) is 0 Å². The lowest BCUT2D eigenvalue weighted by atomic mass is 9.84. The van der Waals surface area contributed by atoms with Gasteiger partial charge in [0.2, 0.25) is 0 Å². The Morgan fingerprint density at radius 1 is 1.08 bits per heavy atom. The highest BCUT2D eigenvalue weighted by Crippen LogP contribution is 2.32. The summed E-state index contributed by atoms with van der Waals surface area (Å²) in [5.41, 5.74) is 8.90. The Kier molecular flexibility index (Phi) is 7.95.